The summed E-state index contributed by atoms with van der Waals surface area (Å²) < 4.78 is 1.88. The molecule has 0 saturated carbocycles. The zero-order valence-corrected chi connectivity index (χ0v) is 14.0. The molecule has 0 radical (unpaired) electrons. The molecule has 122 valence electrons. The van der Waals surface area contributed by atoms with Crippen molar-refractivity contribution in [3.05, 3.63) is 54.2 Å². The maximum atomic E-state index is 4.65. The van der Waals surface area contributed by atoms with Crippen molar-refractivity contribution in [2.75, 3.05) is 5.32 Å². The molecule has 0 amide bonds. The van der Waals surface area contributed by atoms with E-state index in [0.717, 1.165) is 33.8 Å². The summed E-state index contributed by atoms with van der Waals surface area (Å²) in [6.07, 6.45) is 5.44. The minimum atomic E-state index is 0.00609. The number of pyridine rings is 1. The van der Waals surface area contributed by atoms with Crippen LogP contribution in [0.2, 0.25) is 0 Å². The maximum Gasteiger partial charge on any atom is 0.152 e. The summed E-state index contributed by atoms with van der Waals surface area (Å²) in [4.78, 5) is 12.2. The molecule has 24 heavy (non-hydrogen) atoms. The van der Waals surface area contributed by atoms with Crippen molar-refractivity contribution >= 4 is 22.4 Å². The number of rotatable bonds is 3. The van der Waals surface area contributed by atoms with Crippen LogP contribution >= 0.6 is 0 Å². The predicted octanol–water partition coefficient (Wildman–Crippen LogP) is 3.52. The lowest BCUT2D eigenvalue weighted by atomic mass is 9.92. The molecule has 0 atom stereocenters. The molecule has 0 aliphatic rings. The SMILES string of the molecule is CC(C)(C)c1cc2c(NCc3cc4ncccc4[nH]3)nccn2n1. The van der Waals surface area contributed by atoms with Crippen molar-refractivity contribution < 1.29 is 0 Å². The van der Waals surface area contributed by atoms with Crippen LogP contribution in [0.15, 0.2) is 42.9 Å². The van der Waals surface area contributed by atoms with Crippen LogP contribution in [0, 0.1) is 0 Å². The second kappa shape index (κ2) is 5.33. The topological polar surface area (TPSA) is 70.9 Å². The molecule has 0 spiro atoms. The van der Waals surface area contributed by atoms with Crippen LogP contribution in [-0.4, -0.2) is 24.6 Å². The number of fused-ring (bicyclic) bond motifs is 2. The average Bonchev–Trinajstić information content (AvgIpc) is 3.16. The van der Waals surface area contributed by atoms with Crippen molar-refractivity contribution in [1.29, 1.82) is 0 Å². The lowest BCUT2D eigenvalue weighted by Gasteiger charge is -2.13. The van der Waals surface area contributed by atoms with E-state index in [1.54, 1.807) is 12.4 Å². The highest BCUT2D eigenvalue weighted by Gasteiger charge is 2.19. The van der Waals surface area contributed by atoms with Crippen molar-refractivity contribution in [3.8, 4) is 0 Å². The molecule has 4 rings (SSSR count). The molecular weight excluding hydrogens is 300 g/mol. The Balaban J connectivity index is 1.63. The molecule has 0 aliphatic carbocycles. The van der Waals surface area contributed by atoms with Gasteiger partial charge in [-0.05, 0) is 24.3 Å². The summed E-state index contributed by atoms with van der Waals surface area (Å²) in [6, 6.07) is 8.11. The van der Waals surface area contributed by atoms with Gasteiger partial charge in [0.05, 0.1) is 23.3 Å². The third-order valence-corrected chi connectivity index (χ3v) is 4.05. The lowest BCUT2D eigenvalue weighted by molar-refractivity contribution is 0.562. The van der Waals surface area contributed by atoms with Crippen molar-refractivity contribution in [1.82, 2.24) is 24.6 Å². The standard InChI is InChI=1S/C18H20N6/c1-18(2,3)16-10-15-17(20-7-8-24(15)23-16)21-11-12-9-14-13(22-12)5-4-6-19-14/h4-10,22H,11H2,1-3H3,(H,20,21). The predicted molar refractivity (Wildman–Crippen MR) is 95.1 cm³/mol. The Morgan fingerprint density at radius 2 is 2.04 bits per heavy atom. The summed E-state index contributed by atoms with van der Waals surface area (Å²) in [5.41, 5.74) is 5.12. The van der Waals surface area contributed by atoms with E-state index in [-0.39, 0.29) is 5.41 Å². The fourth-order valence-corrected chi connectivity index (χ4v) is 2.71. The zero-order valence-electron chi connectivity index (χ0n) is 14.0. The number of anilines is 1. The highest BCUT2D eigenvalue weighted by atomic mass is 15.2. The van der Waals surface area contributed by atoms with E-state index in [4.69, 9.17) is 0 Å². The second-order valence-electron chi connectivity index (χ2n) is 6.97. The van der Waals surface area contributed by atoms with Gasteiger partial charge in [-0.15, -0.1) is 0 Å². The highest BCUT2D eigenvalue weighted by molar-refractivity contribution is 5.76. The van der Waals surface area contributed by atoms with E-state index in [0.29, 0.717) is 6.54 Å². The summed E-state index contributed by atoms with van der Waals surface area (Å²) in [7, 11) is 0. The smallest absolute Gasteiger partial charge is 0.152 e. The number of nitrogens with zero attached hydrogens (tertiary/aromatic N) is 4. The van der Waals surface area contributed by atoms with E-state index in [1.807, 2.05) is 22.8 Å². The van der Waals surface area contributed by atoms with Crippen LogP contribution in [0.5, 0.6) is 0 Å². The second-order valence-corrected chi connectivity index (χ2v) is 6.97. The van der Waals surface area contributed by atoms with Crippen molar-refractivity contribution in [3.63, 3.8) is 0 Å². The molecule has 6 heteroatoms. The van der Waals surface area contributed by atoms with Crippen LogP contribution < -0.4 is 5.32 Å². The molecule has 4 aromatic heterocycles. The van der Waals surface area contributed by atoms with Gasteiger partial charge in [0.15, 0.2) is 5.82 Å². The van der Waals surface area contributed by atoms with Gasteiger partial charge in [0.25, 0.3) is 0 Å². The van der Waals surface area contributed by atoms with Gasteiger partial charge >= 0.3 is 0 Å². The third kappa shape index (κ3) is 2.60. The number of nitrogens with one attached hydrogen (secondary N) is 2. The molecule has 0 unspecified atom stereocenters. The fourth-order valence-electron chi connectivity index (χ4n) is 2.71. The third-order valence-electron chi connectivity index (χ3n) is 4.05. The highest BCUT2D eigenvalue weighted by Crippen LogP contribution is 2.24. The Hall–Kier alpha value is -2.89. The minimum Gasteiger partial charge on any atom is -0.363 e. The van der Waals surface area contributed by atoms with E-state index < -0.39 is 0 Å². The molecular formula is C18H20N6. The number of aromatic amines is 1. The van der Waals surface area contributed by atoms with Crippen molar-refractivity contribution in [2.24, 2.45) is 0 Å². The Bertz CT molecular complexity index is 972. The first-order valence-corrected chi connectivity index (χ1v) is 8.02. The summed E-state index contributed by atoms with van der Waals surface area (Å²) in [6.45, 7) is 7.13. The van der Waals surface area contributed by atoms with Gasteiger partial charge in [-0.2, -0.15) is 5.10 Å². The molecule has 0 fully saturated rings. The molecule has 6 nitrogen and oxygen atoms in total. The van der Waals surface area contributed by atoms with Crippen LogP contribution in [0.25, 0.3) is 16.6 Å². The Morgan fingerprint density at radius 1 is 1.17 bits per heavy atom. The van der Waals surface area contributed by atoms with Gasteiger partial charge in [0, 0.05) is 29.7 Å². The molecule has 0 aliphatic heterocycles. The Morgan fingerprint density at radius 3 is 2.83 bits per heavy atom. The maximum absolute atomic E-state index is 4.65. The molecule has 0 bridgehead atoms. The first-order chi connectivity index (χ1) is 11.5. The van der Waals surface area contributed by atoms with Gasteiger partial charge in [-0.3, -0.25) is 4.98 Å². The average molecular weight is 320 g/mol. The first kappa shape index (κ1) is 14.7. The molecule has 0 saturated heterocycles. The number of aromatic nitrogens is 5. The van der Waals surface area contributed by atoms with Gasteiger partial charge in [0.2, 0.25) is 0 Å². The van der Waals surface area contributed by atoms with E-state index in [1.165, 1.54) is 0 Å². The summed E-state index contributed by atoms with van der Waals surface area (Å²) in [5.74, 6) is 0.826. The van der Waals surface area contributed by atoms with Crippen LogP contribution in [0.3, 0.4) is 0 Å². The van der Waals surface area contributed by atoms with Crippen LogP contribution in [0.1, 0.15) is 32.2 Å². The number of hydrogen-bond acceptors (Lipinski definition) is 4. The first-order valence-electron chi connectivity index (χ1n) is 8.02. The monoisotopic (exact) mass is 320 g/mol. The normalized spacial score (nSPS) is 12.1. The van der Waals surface area contributed by atoms with E-state index in [2.05, 4.69) is 58.3 Å². The molecule has 4 heterocycles. The molecule has 0 aromatic carbocycles. The van der Waals surface area contributed by atoms with Gasteiger partial charge in [-0.1, -0.05) is 20.8 Å². The zero-order chi connectivity index (χ0) is 16.7. The van der Waals surface area contributed by atoms with E-state index >= 15 is 0 Å². The lowest BCUT2D eigenvalue weighted by Crippen LogP contribution is -2.11. The van der Waals surface area contributed by atoms with Gasteiger partial charge < -0.3 is 10.3 Å². The number of hydrogen-bond donors (Lipinski definition) is 2. The molecule has 2 N–H and O–H groups in total. The van der Waals surface area contributed by atoms with Crippen molar-refractivity contribution in [2.45, 2.75) is 32.7 Å². The van der Waals surface area contributed by atoms with E-state index in [9.17, 15) is 0 Å². The number of H-pyrrole nitrogens is 1. The quantitative estimate of drug-likeness (QED) is 0.606. The Labute approximate surface area is 139 Å². The van der Waals surface area contributed by atoms with Crippen LogP contribution in [0.4, 0.5) is 5.82 Å². The Kier molecular flexibility index (Phi) is 3.26. The van der Waals surface area contributed by atoms with Gasteiger partial charge in [0.1, 0.15) is 5.52 Å². The van der Waals surface area contributed by atoms with Crippen LogP contribution in [-0.2, 0) is 12.0 Å². The minimum absolute atomic E-state index is 0.00609. The fraction of sp³-hybridized carbons (Fsp3) is 0.278. The summed E-state index contributed by atoms with van der Waals surface area (Å²) >= 11 is 0. The van der Waals surface area contributed by atoms with Gasteiger partial charge in [-0.25, -0.2) is 9.50 Å². The summed E-state index contributed by atoms with van der Waals surface area (Å²) in [5, 5.41) is 8.05. The largest absolute Gasteiger partial charge is 0.363 e. The molecule has 4 aromatic rings.